The van der Waals surface area contributed by atoms with Gasteiger partial charge in [0.05, 0.1) is 24.9 Å². The van der Waals surface area contributed by atoms with Crippen LogP contribution < -0.4 is 10.1 Å². The normalized spacial score (nSPS) is 11.0. The van der Waals surface area contributed by atoms with Crippen LogP contribution in [0.15, 0.2) is 57.4 Å². The van der Waals surface area contributed by atoms with E-state index in [1.54, 1.807) is 0 Å². The van der Waals surface area contributed by atoms with Crippen molar-refractivity contribution in [3.63, 3.8) is 0 Å². The minimum absolute atomic E-state index is 0.106. The van der Waals surface area contributed by atoms with E-state index < -0.39 is 0 Å². The third-order valence-electron chi connectivity index (χ3n) is 4.44. The van der Waals surface area contributed by atoms with Gasteiger partial charge in [0, 0.05) is 23.0 Å². The second-order valence-corrected chi connectivity index (χ2v) is 8.34. The average molecular weight is 487 g/mol. The summed E-state index contributed by atoms with van der Waals surface area (Å²) in [6, 6.07) is 15.7. The molecular weight excluding hydrogens is 460 g/mol. The molecule has 0 fully saturated rings. The van der Waals surface area contributed by atoms with Crippen molar-refractivity contribution < 1.29 is 18.7 Å². The van der Waals surface area contributed by atoms with Crippen LogP contribution in [0.4, 0.5) is 0 Å². The first-order valence-electron chi connectivity index (χ1n) is 10.2. The van der Waals surface area contributed by atoms with Crippen molar-refractivity contribution in [2.75, 3.05) is 13.2 Å². The van der Waals surface area contributed by atoms with E-state index in [0.717, 1.165) is 32.8 Å². The highest BCUT2D eigenvalue weighted by Gasteiger charge is 2.12. The summed E-state index contributed by atoms with van der Waals surface area (Å²) < 4.78 is 17.8. The van der Waals surface area contributed by atoms with E-state index in [0.29, 0.717) is 25.5 Å². The summed E-state index contributed by atoms with van der Waals surface area (Å²) in [7, 11) is 0. The molecule has 0 saturated heterocycles. The van der Waals surface area contributed by atoms with Gasteiger partial charge in [-0.1, -0.05) is 34.1 Å². The van der Waals surface area contributed by atoms with Crippen LogP contribution in [0.2, 0.25) is 0 Å². The fraction of sp³-hybridized carbons (Fsp3) is 0.333. The molecule has 0 aliphatic heterocycles. The molecule has 31 heavy (non-hydrogen) atoms. The molecule has 0 saturated carbocycles. The molecule has 0 bridgehead atoms. The summed E-state index contributed by atoms with van der Waals surface area (Å²) in [6.45, 7) is 6.81. The first kappa shape index (κ1) is 23.0. The van der Waals surface area contributed by atoms with Gasteiger partial charge in [-0.25, -0.2) is 4.98 Å². The predicted molar refractivity (Wildman–Crippen MR) is 123 cm³/mol. The number of ether oxygens (including phenoxy) is 2. The summed E-state index contributed by atoms with van der Waals surface area (Å²) in [5.41, 5.74) is 2.85. The Hall–Kier alpha value is -2.64. The van der Waals surface area contributed by atoms with Gasteiger partial charge in [-0.15, -0.1) is 0 Å². The lowest BCUT2D eigenvalue weighted by atomic mass is 10.2. The molecular formula is C24H27BrN2O4. The van der Waals surface area contributed by atoms with Gasteiger partial charge >= 0.3 is 5.97 Å². The minimum atomic E-state index is -0.257. The van der Waals surface area contributed by atoms with Crippen molar-refractivity contribution in [3.05, 3.63) is 70.0 Å². The van der Waals surface area contributed by atoms with Crippen molar-refractivity contribution in [3.8, 4) is 17.2 Å². The molecule has 3 aromatic rings. The van der Waals surface area contributed by atoms with Crippen LogP contribution in [0, 0.1) is 6.92 Å². The number of aryl methyl sites for hydroxylation is 1. The molecule has 0 aliphatic carbocycles. The van der Waals surface area contributed by atoms with Gasteiger partial charge in [0.15, 0.2) is 0 Å². The number of nitrogens with one attached hydrogen (secondary N) is 1. The Balaban J connectivity index is 1.50. The second-order valence-electron chi connectivity index (χ2n) is 7.42. The Morgan fingerprint density at radius 3 is 2.77 bits per heavy atom. The predicted octanol–water partition coefficient (Wildman–Crippen LogP) is 5.08. The zero-order valence-corrected chi connectivity index (χ0v) is 19.6. The molecule has 1 aromatic heterocycles. The molecule has 1 heterocycles. The SMILES string of the molecule is Cc1oc(-c2cccc(Br)c2)nc1CCOc1cccc(CNCC(=O)OC(C)C)c1. The lowest BCUT2D eigenvalue weighted by Gasteiger charge is -2.10. The summed E-state index contributed by atoms with van der Waals surface area (Å²) in [5, 5.41) is 3.09. The van der Waals surface area contributed by atoms with E-state index >= 15 is 0 Å². The molecule has 3 rings (SSSR count). The molecule has 0 aliphatic rings. The third kappa shape index (κ3) is 7.22. The van der Waals surface area contributed by atoms with Gasteiger partial charge in [0.2, 0.25) is 5.89 Å². The van der Waals surface area contributed by atoms with Crippen LogP contribution in [0.5, 0.6) is 5.75 Å². The Kier molecular flexibility index (Phi) is 8.26. The first-order chi connectivity index (χ1) is 14.9. The monoisotopic (exact) mass is 486 g/mol. The number of halogens is 1. The maximum Gasteiger partial charge on any atom is 0.320 e. The number of carbonyl (C=O) groups excluding carboxylic acids is 1. The fourth-order valence-corrected chi connectivity index (χ4v) is 3.43. The van der Waals surface area contributed by atoms with E-state index in [9.17, 15) is 4.79 Å². The van der Waals surface area contributed by atoms with Crippen molar-refractivity contribution >= 4 is 21.9 Å². The van der Waals surface area contributed by atoms with Crippen LogP contribution in [0.3, 0.4) is 0 Å². The van der Waals surface area contributed by atoms with Crippen LogP contribution in [0.25, 0.3) is 11.5 Å². The highest BCUT2D eigenvalue weighted by molar-refractivity contribution is 9.10. The van der Waals surface area contributed by atoms with Crippen molar-refractivity contribution in [1.29, 1.82) is 0 Å². The number of rotatable bonds is 10. The number of hydrogen-bond acceptors (Lipinski definition) is 6. The molecule has 0 unspecified atom stereocenters. The van der Waals surface area contributed by atoms with Crippen LogP contribution in [-0.4, -0.2) is 30.2 Å². The topological polar surface area (TPSA) is 73.6 Å². The molecule has 0 atom stereocenters. The van der Waals surface area contributed by atoms with Gasteiger partial charge in [0.1, 0.15) is 11.5 Å². The number of benzene rings is 2. The number of carbonyl (C=O) groups is 1. The number of oxazole rings is 1. The van der Waals surface area contributed by atoms with Crippen LogP contribution in [-0.2, 0) is 22.5 Å². The molecule has 7 heteroatoms. The Morgan fingerprint density at radius 1 is 1.19 bits per heavy atom. The quantitative estimate of drug-likeness (QED) is 0.403. The van der Waals surface area contributed by atoms with Gasteiger partial charge in [0.25, 0.3) is 0 Å². The largest absolute Gasteiger partial charge is 0.493 e. The van der Waals surface area contributed by atoms with Gasteiger partial charge in [-0.05, 0) is 56.7 Å². The van der Waals surface area contributed by atoms with Gasteiger partial charge in [-0.3, -0.25) is 4.79 Å². The van der Waals surface area contributed by atoms with E-state index in [4.69, 9.17) is 13.9 Å². The fourth-order valence-electron chi connectivity index (χ4n) is 3.03. The number of aromatic nitrogens is 1. The molecule has 0 radical (unpaired) electrons. The number of hydrogen-bond donors (Lipinski definition) is 1. The van der Waals surface area contributed by atoms with Crippen molar-refractivity contribution in [2.45, 2.75) is 39.8 Å². The van der Waals surface area contributed by atoms with Gasteiger partial charge < -0.3 is 19.2 Å². The smallest absolute Gasteiger partial charge is 0.320 e. The van der Waals surface area contributed by atoms with Crippen LogP contribution >= 0.6 is 15.9 Å². The maximum absolute atomic E-state index is 11.6. The lowest BCUT2D eigenvalue weighted by Crippen LogP contribution is -2.26. The lowest BCUT2D eigenvalue weighted by molar-refractivity contribution is -0.146. The van der Waals surface area contributed by atoms with Crippen molar-refractivity contribution in [2.24, 2.45) is 0 Å². The Labute approximate surface area is 191 Å². The molecule has 2 aromatic carbocycles. The zero-order valence-electron chi connectivity index (χ0n) is 18.0. The summed E-state index contributed by atoms with van der Waals surface area (Å²) >= 11 is 3.47. The highest BCUT2D eigenvalue weighted by Crippen LogP contribution is 2.25. The first-order valence-corrected chi connectivity index (χ1v) is 11.0. The molecule has 6 nitrogen and oxygen atoms in total. The van der Waals surface area contributed by atoms with Gasteiger partial charge in [-0.2, -0.15) is 0 Å². The molecule has 164 valence electrons. The standard InChI is InChI=1S/C24H27BrN2O4/c1-16(2)30-23(28)15-26-14-18-6-4-9-21(12-18)29-11-10-22-17(3)31-24(27-22)19-7-5-8-20(25)13-19/h4-9,12-13,16,26H,10-11,14-15H2,1-3H3. The molecule has 1 N–H and O–H groups in total. The summed E-state index contributed by atoms with van der Waals surface area (Å²) in [5.74, 6) is 1.92. The third-order valence-corrected chi connectivity index (χ3v) is 4.93. The molecule has 0 spiro atoms. The Bertz CT molecular complexity index is 1020. The highest BCUT2D eigenvalue weighted by atomic mass is 79.9. The average Bonchev–Trinajstić information content (AvgIpc) is 3.08. The second kappa shape index (κ2) is 11.1. The summed E-state index contributed by atoms with van der Waals surface area (Å²) in [4.78, 5) is 16.2. The summed E-state index contributed by atoms with van der Waals surface area (Å²) in [6.07, 6.45) is 0.539. The van der Waals surface area contributed by atoms with E-state index in [1.807, 2.05) is 69.3 Å². The van der Waals surface area contributed by atoms with E-state index in [2.05, 4.69) is 26.2 Å². The van der Waals surface area contributed by atoms with E-state index in [1.165, 1.54) is 0 Å². The van der Waals surface area contributed by atoms with Crippen molar-refractivity contribution in [1.82, 2.24) is 10.3 Å². The minimum Gasteiger partial charge on any atom is -0.493 e. The zero-order chi connectivity index (χ0) is 22.2. The number of esters is 1. The number of nitrogens with zero attached hydrogens (tertiary/aromatic N) is 1. The van der Waals surface area contributed by atoms with E-state index in [-0.39, 0.29) is 18.6 Å². The Morgan fingerprint density at radius 2 is 2.00 bits per heavy atom. The maximum atomic E-state index is 11.6. The van der Waals surface area contributed by atoms with Crippen LogP contribution in [0.1, 0.15) is 30.9 Å². The molecule has 0 amide bonds.